The Morgan fingerprint density at radius 2 is 1.94 bits per heavy atom. The minimum absolute atomic E-state index is 0.154. The average Bonchev–Trinajstić information content (AvgIpc) is 2.75. The van der Waals surface area contributed by atoms with Gasteiger partial charge in [-0.25, -0.2) is 9.48 Å². The highest BCUT2D eigenvalue weighted by molar-refractivity contribution is 6.30. The van der Waals surface area contributed by atoms with Gasteiger partial charge in [0.05, 0.1) is 11.4 Å². The molecule has 0 spiro atoms. The second-order valence-corrected chi connectivity index (χ2v) is 4.74. The van der Waals surface area contributed by atoms with Crippen molar-refractivity contribution >= 4 is 17.6 Å². The Balaban J connectivity index is 2.55. The van der Waals surface area contributed by atoms with Crippen LogP contribution in [0.4, 0.5) is 0 Å². The molecule has 0 aliphatic carbocycles. The number of hydrogen-bond donors (Lipinski definition) is 1. The standard InChI is InChI=1S/C13H13ClN2O2/c1-8(2)11-7-12(13(17)18)16(15-11)10-5-3-9(14)4-6-10/h3-8H,1-2H3,(H,17,18). The van der Waals surface area contributed by atoms with Gasteiger partial charge in [-0.3, -0.25) is 0 Å². The van der Waals surface area contributed by atoms with E-state index in [1.807, 2.05) is 13.8 Å². The van der Waals surface area contributed by atoms with E-state index in [-0.39, 0.29) is 11.6 Å². The number of halogens is 1. The van der Waals surface area contributed by atoms with E-state index in [2.05, 4.69) is 5.10 Å². The van der Waals surface area contributed by atoms with E-state index in [9.17, 15) is 9.90 Å². The van der Waals surface area contributed by atoms with E-state index in [0.29, 0.717) is 10.7 Å². The molecule has 1 N–H and O–H groups in total. The molecule has 0 unspecified atom stereocenters. The highest BCUT2D eigenvalue weighted by Crippen LogP contribution is 2.19. The maximum Gasteiger partial charge on any atom is 0.354 e. The van der Waals surface area contributed by atoms with Crippen molar-refractivity contribution in [1.82, 2.24) is 9.78 Å². The molecule has 0 aliphatic heterocycles. The normalized spacial score (nSPS) is 10.9. The highest BCUT2D eigenvalue weighted by atomic mass is 35.5. The molecule has 0 aliphatic rings. The molecule has 18 heavy (non-hydrogen) atoms. The van der Waals surface area contributed by atoms with Crippen LogP contribution in [-0.2, 0) is 0 Å². The van der Waals surface area contributed by atoms with Gasteiger partial charge in [-0.2, -0.15) is 5.10 Å². The third-order valence-corrected chi connectivity index (χ3v) is 2.86. The van der Waals surface area contributed by atoms with Gasteiger partial charge in [0.1, 0.15) is 0 Å². The summed E-state index contributed by atoms with van der Waals surface area (Å²) in [7, 11) is 0. The lowest BCUT2D eigenvalue weighted by molar-refractivity contribution is 0.0687. The van der Waals surface area contributed by atoms with Crippen LogP contribution in [0.25, 0.3) is 5.69 Å². The highest BCUT2D eigenvalue weighted by Gasteiger charge is 2.17. The van der Waals surface area contributed by atoms with Gasteiger partial charge in [0.15, 0.2) is 5.69 Å². The van der Waals surface area contributed by atoms with Gasteiger partial charge in [0, 0.05) is 5.02 Å². The van der Waals surface area contributed by atoms with Gasteiger partial charge in [-0.05, 0) is 36.2 Å². The summed E-state index contributed by atoms with van der Waals surface area (Å²) in [5.74, 6) is -0.819. The van der Waals surface area contributed by atoms with E-state index < -0.39 is 5.97 Å². The van der Waals surface area contributed by atoms with E-state index in [1.54, 1.807) is 30.3 Å². The second kappa shape index (κ2) is 4.82. The fourth-order valence-electron chi connectivity index (χ4n) is 1.61. The Hall–Kier alpha value is -1.81. The van der Waals surface area contributed by atoms with Crippen molar-refractivity contribution in [2.45, 2.75) is 19.8 Å². The Morgan fingerprint density at radius 1 is 1.33 bits per heavy atom. The molecule has 1 aromatic carbocycles. The Morgan fingerprint density at radius 3 is 2.44 bits per heavy atom. The van der Waals surface area contributed by atoms with Gasteiger partial charge >= 0.3 is 5.97 Å². The van der Waals surface area contributed by atoms with Gasteiger partial charge in [-0.15, -0.1) is 0 Å². The fraction of sp³-hybridized carbons (Fsp3) is 0.231. The summed E-state index contributed by atoms with van der Waals surface area (Å²) >= 11 is 5.81. The number of benzene rings is 1. The molecule has 0 saturated heterocycles. The van der Waals surface area contributed by atoms with Gasteiger partial charge in [-0.1, -0.05) is 25.4 Å². The molecule has 2 rings (SSSR count). The summed E-state index contributed by atoms with van der Waals surface area (Å²) in [6.45, 7) is 3.94. The molecule has 4 nitrogen and oxygen atoms in total. The quantitative estimate of drug-likeness (QED) is 0.925. The molecular weight excluding hydrogens is 252 g/mol. The first-order valence-corrected chi connectivity index (χ1v) is 5.96. The first-order valence-electron chi connectivity index (χ1n) is 5.58. The molecule has 1 heterocycles. The number of aromatic nitrogens is 2. The maximum atomic E-state index is 11.2. The maximum absolute atomic E-state index is 11.2. The number of hydrogen-bond acceptors (Lipinski definition) is 2. The predicted octanol–water partition coefficient (Wildman–Crippen LogP) is 3.35. The predicted molar refractivity (Wildman–Crippen MR) is 69.6 cm³/mol. The summed E-state index contributed by atoms with van der Waals surface area (Å²) in [6, 6.07) is 8.50. The molecule has 0 radical (unpaired) electrons. The van der Waals surface area contributed by atoms with E-state index in [0.717, 1.165) is 5.69 Å². The first-order chi connectivity index (χ1) is 8.49. The van der Waals surface area contributed by atoms with Crippen LogP contribution in [0.2, 0.25) is 5.02 Å². The molecule has 0 atom stereocenters. The summed E-state index contributed by atoms with van der Waals surface area (Å²) in [5, 5.41) is 14.1. The topological polar surface area (TPSA) is 55.1 Å². The zero-order valence-corrected chi connectivity index (χ0v) is 10.8. The summed E-state index contributed by atoms with van der Waals surface area (Å²) in [5.41, 5.74) is 1.59. The van der Waals surface area contributed by atoms with Crippen LogP contribution in [0.15, 0.2) is 30.3 Å². The molecular formula is C13H13ClN2O2. The molecule has 0 saturated carbocycles. The fourth-order valence-corrected chi connectivity index (χ4v) is 1.74. The minimum atomic E-state index is -0.996. The molecule has 0 fully saturated rings. The number of carboxylic acid groups (broad SMARTS) is 1. The van der Waals surface area contributed by atoms with Gasteiger partial charge in [0.2, 0.25) is 0 Å². The Labute approximate surface area is 110 Å². The monoisotopic (exact) mass is 264 g/mol. The van der Waals surface area contributed by atoms with Crippen LogP contribution in [0.3, 0.4) is 0 Å². The Bertz CT molecular complexity index is 573. The van der Waals surface area contributed by atoms with Crippen molar-refractivity contribution in [3.8, 4) is 5.69 Å². The van der Waals surface area contributed by atoms with Crippen LogP contribution in [-0.4, -0.2) is 20.9 Å². The number of carbonyl (C=O) groups is 1. The zero-order valence-electron chi connectivity index (χ0n) is 10.1. The first kappa shape index (κ1) is 12.6. The molecule has 94 valence electrons. The minimum Gasteiger partial charge on any atom is -0.477 e. The van der Waals surface area contributed by atoms with Crippen molar-refractivity contribution in [3.63, 3.8) is 0 Å². The summed E-state index contributed by atoms with van der Waals surface area (Å²) in [4.78, 5) is 11.2. The lowest BCUT2D eigenvalue weighted by atomic mass is 10.1. The second-order valence-electron chi connectivity index (χ2n) is 4.30. The van der Waals surface area contributed by atoms with E-state index in [4.69, 9.17) is 11.6 Å². The van der Waals surface area contributed by atoms with Gasteiger partial charge < -0.3 is 5.11 Å². The number of aromatic carboxylic acids is 1. The lowest BCUT2D eigenvalue weighted by Crippen LogP contribution is -2.07. The van der Waals surface area contributed by atoms with E-state index >= 15 is 0 Å². The lowest BCUT2D eigenvalue weighted by Gasteiger charge is -2.04. The van der Waals surface area contributed by atoms with Crippen molar-refractivity contribution in [2.24, 2.45) is 0 Å². The van der Waals surface area contributed by atoms with E-state index in [1.165, 1.54) is 4.68 Å². The molecule has 0 amide bonds. The molecule has 1 aromatic heterocycles. The summed E-state index contributed by atoms with van der Waals surface area (Å²) < 4.78 is 1.42. The van der Waals surface area contributed by atoms with Crippen LogP contribution in [0.5, 0.6) is 0 Å². The summed E-state index contributed by atoms with van der Waals surface area (Å²) in [6.07, 6.45) is 0. The largest absolute Gasteiger partial charge is 0.477 e. The number of rotatable bonds is 3. The molecule has 5 heteroatoms. The van der Waals surface area contributed by atoms with Crippen molar-refractivity contribution in [1.29, 1.82) is 0 Å². The van der Waals surface area contributed by atoms with Crippen molar-refractivity contribution in [3.05, 3.63) is 46.7 Å². The third kappa shape index (κ3) is 2.38. The average molecular weight is 265 g/mol. The number of carboxylic acids is 1. The molecule has 2 aromatic rings. The van der Waals surface area contributed by atoms with Crippen LogP contribution >= 0.6 is 11.6 Å². The SMILES string of the molecule is CC(C)c1cc(C(=O)O)n(-c2ccc(Cl)cc2)n1. The third-order valence-electron chi connectivity index (χ3n) is 2.61. The van der Waals surface area contributed by atoms with Gasteiger partial charge in [0.25, 0.3) is 0 Å². The smallest absolute Gasteiger partial charge is 0.354 e. The van der Waals surface area contributed by atoms with Crippen LogP contribution < -0.4 is 0 Å². The van der Waals surface area contributed by atoms with Crippen LogP contribution in [0, 0.1) is 0 Å². The van der Waals surface area contributed by atoms with Crippen molar-refractivity contribution in [2.75, 3.05) is 0 Å². The Kier molecular flexibility index (Phi) is 3.39. The van der Waals surface area contributed by atoms with Crippen LogP contribution in [0.1, 0.15) is 35.9 Å². The number of nitrogens with zero attached hydrogens (tertiary/aromatic N) is 2. The van der Waals surface area contributed by atoms with Crippen molar-refractivity contribution < 1.29 is 9.90 Å². The zero-order chi connectivity index (χ0) is 13.3. The molecule has 0 bridgehead atoms.